The first-order valence-corrected chi connectivity index (χ1v) is 14.4. The van der Waals surface area contributed by atoms with Crippen LogP contribution in [0.5, 0.6) is 0 Å². The van der Waals surface area contributed by atoms with Crippen molar-refractivity contribution in [1.82, 2.24) is 4.98 Å². The quantitative estimate of drug-likeness (QED) is 0.331. The van der Waals surface area contributed by atoms with Crippen LogP contribution in [0.4, 0.5) is 0 Å². The molecule has 1 heterocycles. The monoisotopic (exact) mass is 513 g/mol. The van der Waals surface area contributed by atoms with Gasteiger partial charge in [0.2, 0.25) is 0 Å². The molecule has 2 fully saturated rings. The zero-order chi connectivity index (χ0) is 26.7. The predicted molar refractivity (Wildman–Crippen MR) is 147 cm³/mol. The van der Waals surface area contributed by atoms with E-state index in [1.807, 2.05) is 37.3 Å². The van der Waals surface area contributed by atoms with E-state index in [4.69, 9.17) is 14.5 Å². The zero-order valence-corrected chi connectivity index (χ0v) is 23.1. The molecule has 0 radical (unpaired) electrons. The highest BCUT2D eigenvalue weighted by Gasteiger charge is 2.58. The Bertz CT molecular complexity index is 1300. The van der Waals surface area contributed by atoms with Crippen molar-refractivity contribution < 1.29 is 19.1 Å². The van der Waals surface area contributed by atoms with Crippen molar-refractivity contribution in [3.05, 3.63) is 64.9 Å². The smallest absolute Gasteiger partial charge is 0.340 e. The van der Waals surface area contributed by atoms with Crippen LogP contribution in [0.25, 0.3) is 11.3 Å². The molecule has 0 bridgehead atoms. The average molecular weight is 514 g/mol. The Balaban J connectivity index is 1.36. The highest BCUT2D eigenvalue weighted by Crippen LogP contribution is 2.64. The summed E-state index contributed by atoms with van der Waals surface area (Å²) < 4.78 is 11.1. The fourth-order valence-electron chi connectivity index (χ4n) is 8.58. The summed E-state index contributed by atoms with van der Waals surface area (Å²) in [5.74, 6) is 1.27. The van der Waals surface area contributed by atoms with Crippen molar-refractivity contribution in [2.24, 2.45) is 23.2 Å². The number of nitrogens with zero attached hydrogens (tertiary/aromatic N) is 1. The van der Waals surface area contributed by atoms with Gasteiger partial charge in [-0.25, -0.2) is 4.79 Å². The second-order valence-corrected chi connectivity index (χ2v) is 12.4. The molecule has 0 aliphatic heterocycles. The van der Waals surface area contributed by atoms with Crippen molar-refractivity contribution in [2.45, 2.75) is 84.2 Å². The van der Waals surface area contributed by atoms with E-state index < -0.39 is 0 Å². The van der Waals surface area contributed by atoms with Crippen molar-refractivity contribution in [3.63, 3.8) is 0 Å². The van der Waals surface area contributed by atoms with Gasteiger partial charge < -0.3 is 9.47 Å². The Morgan fingerprint density at radius 3 is 2.53 bits per heavy atom. The normalized spacial score (nSPS) is 33.2. The maximum Gasteiger partial charge on any atom is 0.340 e. The minimum Gasteiger partial charge on any atom is -0.462 e. The molecule has 4 aliphatic carbocycles. The Hall–Kier alpha value is -2.95. The van der Waals surface area contributed by atoms with E-state index in [9.17, 15) is 9.59 Å². The molecule has 1 aromatic heterocycles. The fourth-order valence-corrected chi connectivity index (χ4v) is 8.58. The molecular weight excluding hydrogens is 474 g/mol. The Labute approximate surface area is 226 Å². The largest absolute Gasteiger partial charge is 0.462 e. The number of benzene rings is 1. The molecule has 4 aliphatic rings. The molecule has 6 atom stereocenters. The number of fused-ring (bicyclic) bond motifs is 7. The molecule has 0 saturated heterocycles. The number of hydrogen-bond donors (Lipinski definition) is 0. The lowest BCUT2D eigenvalue weighted by Crippen LogP contribution is -2.51. The standard InChI is InChI=1S/C33H39NO4/c1-5-37-31(36)26-17-22-18-28-25-12-11-23-19-24(38-20(2)35)13-15-32(23,3)27(25)14-16-33(28,4)30(22)34-29(26)21-9-7-6-8-10-21/h6-11,17,24-25,27-28H,5,12-16,18-19H2,1-4H3/t24-,25+,27-,28-,32-,33-/m0/s1. The van der Waals surface area contributed by atoms with Crippen LogP contribution in [0.1, 0.15) is 87.8 Å². The van der Waals surface area contributed by atoms with Crippen LogP contribution in [0, 0.1) is 23.2 Å². The summed E-state index contributed by atoms with van der Waals surface area (Å²) in [6.07, 6.45) is 9.76. The van der Waals surface area contributed by atoms with Crippen LogP contribution in [0.3, 0.4) is 0 Å². The van der Waals surface area contributed by atoms with Gasteiger partial charge in [0.15, 0.2) is 0 Å². The van der Waals surface area contributed by atoms with E-state index in [-0.39, 0.29) is 28.9 Å². The van der Waals surface area contributed by atoms with Gasteiger partial charge in [-0.2, -0.15) is 0 Å². The molecule has 5 heteroatoms. The van der Waals surface area contributed by atoms with Crippen molar-refractivity contribution in [2.75, 3.05) is 6.61 Å². The second kappa shape index (κ2) is 9.36. The molecule has 2 aromatic rings. The number of carbonyl (C=O) groups is 2. The summed E-state index contributed by atoms with van der Waals surface area (Å²) in [5.41, 5.74) is 6.38. The van der Waals surface area contributed by atoms with Gasteiger partial charge in [0.1, 0.15) is 6.10 Å². The van der Waals surface area contributed by atoms with Crippen LogP contribution in [-0.2, 0) is 26.1 Å². The third-order valence-electron chi connectivity index (χ3n) is 10.4. The lowest BCUT2D eigenvalue weighted by molar-refractivity contribution is -0.148. The molecule has 0 unspecified atom stereocenters. The Morgan fingerprint density at radius 1 is 1.03 bits per heavy atom. The van der Waals surface area contributed by atoms with Gasteiger partial charge in [-0.05, 0) is 80.2 Å². The SMILES string of the molecule is CCOC(=O)c1cc2c(nc1-c1ccccc1)[C@@]1(C)CC[C@H]3[C@@H](CC=C4C[C@@H](OC(C)=O)CC[C@@]43C)[C@@H]1C2. The van der Waals surface area contributed by atoms with Gasteiger partial charge in [-0.15, -0.1) is 0 Å². The summed E-state index contributed by atoms with van der Waals surface area (Å²) >= 11 is 0. The molecule has 38 heavy (non-hydrogen) atoms. The minimum atomic E-state index is -0.290. The van der Waals surface area contributed by atoms with E-state index in [2.05, 4.69) is 26.0 Å². The van der Waals surface area contributed by atoms with Crippen LogP contribution in [0.15, 0.2) is 48.0 Å². The number of esters is 2. The molecule has 0 N–H and O–H groups in total. The van der Waals surface area contributed by atoms with E-state index in [1.165, 1.54) is 30.2 Å². The van der Waals surface area contributed by atoms with Gasteiger partial charge in [-0.1, -0.05) is 55.8 Å². The predicted octanol–water partition coefficient (Wildman–Crippen LogP) is 6.83. The number of rotatable bonds is 4. The molecule has 1 aromatic carbocycles. The van der Waals surface area contributed by atoms with Crippen molar-refractivity contribution in [3.8, 4) is 11.3 Å². The van der Waals surface area contributed by atoms with Crippen LogP contribution < -0.4 is 0 Å². The molecule has 2 saturated carbocycles. The average Bonchev–Trinajstić information content (AvgIpc) is 3.20. The summed E-state index contributed by atoms with van der Waals surface area (Å²) in [6, 6.07) is 12.1. The molecule has 0 amide bonds. The lowest BCUT2D eigenvalue weighted by atomic mass is 9.48. The number of carbonyl (C=O) groups excluding carboxylic acids is 2. The third-order valence-corrected chi connectivity index (χ3v) is 10.4. The second-order valence-electron chi connectivity index (χ2n) is 12.4. The molecular formula is C33H39NO4. The number of hydrogen-bond acceptors (Lipinski definition) is 5. The Morgan fingerprint density at radius 2 is 1.79 bits per heavy atom. The van der Waals surface area contributed by atoms with E-state index in [1.54, 1.807) is 0 Å². The van der Waals surface area contributed by atoms with Crippen LogP contribution in [-0.4, -0.2) is 29.6 Å². The number of ether oxygens (including phenoxy) is 2. The summed E-state index contributed by atoms with van der Waals surface area (Å²) in [6.45, 7) is 8.60. The summed E-state index contributed by atoms with van der Waals surface area (Å²) in [7, 11) is 0. The lowest BCUT2D eigenvalue weighted by Gasteiger charge is -2.57. The summed E-state index contributed by atoms with van der Waals surface area (Å²) in [4.78, 5) is 29.9. The first-order valence-electron chi connectivity index (χ1n) is 14.4. The van der Waals surface area contributed by atoms with Gasteiger partial charge in [0.05, 0.1) is 23.6 Å². The van der Waals surface area contributed by atoms with E-state index in [0.717, 1.165) is 49.8 Å². The van der Waals surface area contributed by atoms with E-state index >= 15 is 0 Å². The number of aromatic nitrogens is 1. The van der Waals surface area contributed by atoms with Gasteiger partial charge in [0, 0.05) is 24.3 Å². The maximum absolute atomic E-state index is 13.1. The zero-order valence-electron chi connectivity index (χ0n) is 23.1. The maximum atomic E-state index is 13.1. The summed E-state index contributed by atoms with van der Waals surface area (Å²) in [5, 5.41) is 0. The van der Waals surface area contributed by atoms with Gasteiger partial charge in [0.25, 0.3) is 0 Å². The number of allylic oxidation sites excluding steroid dienone is 1. The van der Waals surface area contributed by atoms with E-state index in [0.29, 0.717) is 29.9 Å². The molecule has 6 rings (SSSR count). The highest BCUT2D eigenvalue weighted by molar-refractivity contribution is 5.96. The first kappa shape index (κ1) is 25.3. The third kappa shape index (κ3) is 3.92. The van der Waals surface area contributed by atoms with Gasteiger partial charge >= 0.3 is 11.9 Å². The number of pyridine rings is 1. The van der Waals surface area contributed by atoms with Crippen LogP contribution in [0.2, 0.25) is 0 Å². The first-order chi connectivity index (χ1) is 18.2. The molecule has 200 valence electrons. The minimum absolute atomic E-state index is 0.00384. The van der Waals surface area contributed by atoms with Gasteiger partial charge in [-0.3, -0.25) is 9.78 Å². The van der Waals surface area contributed by atoms with Crippen molar-refractivity contribution >= 4 is 11.9 Å². The fraction of sp³-hybridized carbons (Fsp3) is 0.545. The topological polar surface area (TPSA) is 65.5 Å². The van der Waals surface area contributed by atoms with Crippen LogP contribution >= 0.6 is 0 Å². The highest BCUT2D eigenvalue weighted by atomic mass is 16.5. The molecule has 5 nitrogen and oxygen atoms in total. The molecule has 0 spiro atoms. The van der Waals surface area contributed by atoms with Crippen molar-refractivity contribution in [1.29, 1.82) is 0 Å². The Kier molecular flexibility index (Phi) is 6.24.